The van der Waals surface area contributed by atoms with Gasteiger partial charge in [-0.25, -0.2) is 4.99 Å². The summed E-state index contributed by atoms with van der Waals surface area (Å²) in [6, 6.07) is 20.5. The zero-order chi connectivity index (χ0) is 27.2. The van der Waals surface area contributed by atoms with Crippen LogP contribution >= 0.6 is 11.8 Å². The van der Waals surface area contributed by atoms with E-state index in [2.05, 4.69) is 16.0 Å². The summed E-state index contributed by atoms with van der Waals surface area (Å²) >= 11 is 1.30. The minimum absolute atomic E-state index is 0.129. The number of carbonyl (C=O) groups is 2. The highest BCUT2D eigenvalue weighted by Crippen LogP contribution is 2.35. The lowest BCUT2D eigenvalue weighted by Crippen LogP contribution is -2.32. The van der Waals surface area contributed by atoms with Gasteiger partial charge in [-0.1, -0.05) is 54.2 Å². The average molecular weight is 529 g/mol. The Morgan fingerprint density at radius 3 is 2.42 bits per heavy atom. The van der Waals surface area contributed by atoms with Crippen molar-refractivity contribution >= 4 is 40.1 Å². The summed E-state index contributed by atoms with van der Waals surface area (Å²) in [5.74, 6) is 0.517. The number of amides is 2. The Labute approximate surface area is 227 Å². The molecule has 1 aliphatic heterocycles. The Balaban J connectivity index is 1.58. The van der Waals surface area contributed by atoms with Crippen LogP contribution in [-0.4, -0.2) is 29.8 Å². The monoisotopic (exact) mass is 528 g/mol. The lowest BCUT2D eigenvalue weighted by atomic mass is 9.94. The fourth-order valence-electron chi connectivity index (χ4n) is 4.17. The van der Waals surface area contributed by atoms with Gasteiger partial charge in [-0.15, -0.1) is 0 Å². The standard InChI is InChI=1S/C30H32N4O3S/c1-18-11-12-19(2)24(15-18)33-26(35)17-38-30-31-21(4)27(29(36)32-23-9-7-6-8-10-23)28(34-30)22-14-13-20(3)25(16-22)37-5/h6-16,28H,17H2,1-5H3,(H,31,34)(H,32,36)(H,33,35)/t28-/m0/s1. The molecule has 0 radical (unpaired) electrons. The maximum absolute atomic E-state index is 13.4. The number of benzene rings is 3. The molecule has 3 aromatic rings. The third-order valence-corrected chi connectivity index (χ3v) is 7.14. The SMILES string of the molecule is COc1cc([C@@H]2N=C(SCC(=O)Nc3cc(C)ccc3C)NC(C)=C2C(=O)Nc2ccccc2)ccc1C. The van der Waals surface area contributed by atoms with E-state index >= 15 is 0 Å². The minimum atomic E-state index is -0.570. The number of rotatable bonds is 7. The van der Waals surface area contributed by atoms with Crippen LogP contribution in [0.5, 0.6) is 5.75 Å². The number of hydrogen-bond acceptors (Lipinski definition) is 6. The van der Waals surface area contributed by atoms with Gasteiger partial charge in [0, 0.05) is 17.1 Å². The van der Waals surface area contributed by atoms with Crippen molar-refractivity contribution in [1.82, 2.24) is 5.32 Å². The summed E-state index contributed by atoms with van der Waals surface area (Å²) in [4.78, 5) is 31.1. The van der Waals surface area contributed by atoms with Crippen molar-refractivity contribution in [3.05, 3.63) is 100 Å². The third kappa shape index (κ3) is 6.44. The van der Waals surface area contributed by atoms with Crippen LogP contribution in [0.3, 0.4) is 0 Å². The molecule has 4 rings (SSSR count). The second-order valence-electron chi connectivity index (χ2n) is 9.20. The maximum Gasteiger partial charge on any atom is 0.255 e. The van der Waals surface area contributed by atoms with Gasteiger partial charge in [-0.2, -0.15) is 0 Å². The number of aliphatic imine (C=N–C) groups is 1. The van der Waals surface area contributed by atoms with E-state index in [1.54, 1.807) is 7.11 Å². The molecule has 0 fully saturated rings. The molecule has 3 N–H and O–H groups in total. The summed E-state index contributed by atoms with van der Waals surface area (Å²) in [5.41, 5.74) is 6.57. The molecule has 8 heteroatoms. The van der Waals surface area contributed by atoms with Gasteiger partial charge in [-0.3, -0.25) is 9.59 Å². The lowest BCUT2D eigenvalue weighted by Gasteiger charge is -2.27. The predicted molar refractivity (Wildman–Crippen MR) is 156 cm³/mol. The molecule has 0 saturated heterocycles. The van der Waals surface area contributed by atoms with Gasteiger partial charge in [0.05, 0.1) is 18.4 Å². The molecule has 0 aliphatic carbocycles. The Hall–Kier alpha value is -4.04. The molecule has 3 aromatic carbocycles. The molecule has 0 saturated carbocycles. The van der Waals surface area contributed by atoms with Crippen LogP contribution in [-0.2, 0) is 9.59 Å². The second kappa shape index (κ2) is 12.0. The second-order valence-corrected chi connectivity index (χ2v) is 10.2. The van der Waals surface area contributed by atoms with Crippen LogP contribution in [0, 0.1) is 20.8 Å². The summed E-state index contributed by atoms with van der Waals surface area (Å²) < 4.78 is 5.54. The summed E-state index contributed by atoms with van der Waals surface area (Å²) in [5, 5.41) is 9.76. The zero-order valence-electron chi connectivity index (χ0n) is 22.2. The van der Waals surface area contributed by atoms with E-state index in [1.165, 1.54) is 11.8 Å². The highest BCUT2D eigenvalue weighted by Gasteiger charge is 2.30. The Morgan fingerprint density at radius 1 is 0.947 bits per heavy atom. The van der Waals surface area contributed by atoms with E-state index in [1.807, 2.05) is 94.4 Å². The van der Waals surface area contributed by atoms with E-state index in [-0.39, 0.29) is 17.6 Å². The van der Waals surface area contributed by atoms with Crippen LogP contribution in [0.4, 0.5) is 11.4 Å². The van der Waals surface area contributed by atoms with Gasteiger partial charge in [0.25, 0.3) is 5.91 Å². The molecule has 196 valence electrons. The normalized spacial score (nSPS) is 14.9. The maximum atomic E-state index is 13.4. The lowest BCUT2D eigenvalue weighted by molar-refractivity contribution is -0.114. The first kappa shape index (κ1) is 27.0. The number of methoxy groups -OCH3 is 1. The molecule has 38 heavy (non-hydrogen) atoms. The van der Waals surface area contributed by atoms with E-state index < -0.39 is 6.04 Å². The van der Waals surface area contributed by atoms with E-state index in [0.717, 1.165) is 33.7 Å². The number of ether oxygens (including phenoxy) is 1. The summed E-state index contributed by atoms with van der Waals surface area (Å²) in [6.07, 6.45) is 0. The first-order valence-electron chi connectivity index (χ1n) is 12.3. The molecular weight excluding hydrogens is 496 g/mol. The predicted octanol–water partition coefficient (Wildman–Crippen LogP) is 5.91. The zero-order valence-corrected chi connectivity index (χ0v) is 23.0. The van der Waals surface area contributed by atoms with E-state index in [9.17, 15) is 9.59 Å². The number of anilines is 2. The number of thioether (sulfide) groups is 1. The van der Waals surface area contributed by atoms with Crippen molar-refractivity contribution in [2.75, 3.05) is 23.5 Å². The number of para-hydroxylation sites is 1. The largest absolute Gasteiger partial charge is 0.496 e. The summed E-state index contributed by atoms with van der Waals surface area (Å²) in [6.45, 7) is 7.77. The highest BCUT2D eigenvalue weighted by atomic mass is 32.2. The van der Waals surface area contributed by atoms with E-state index in [0.29, 0.717) is 22.1 Å². The molecule has 0 aromatic heterocycles. The van der Waals surface area contributed by atoms with Gasteiger partial charge < -0.3 is 20.7 Å². The number of carbonyl (C=O) groups excluding carboxylic acids is 2. The average Bonchev–Trinajstić information content (AvgIpc) is 2.90. The van der Waals surface area contributed by atoms with E-state index in [4.69, 9.17) is 9.73 Å². The molecule has 1 heterocycles. The molecule has 0 bridgehead atoms. The number of nitrogens with zero attached hydrogens (tertiary/aromatic N) is 1. The number of aryl methyl sites for hydroxylation is 3. The summed E-state index contributed by atoms with van der Waals surface area (Å²) in [7, 11) is 1.62. The molecule has 0 unspecified atom stereocenters. The number of hydrogen-bond donors (Lipinski definition) is 3. The minimum Gasteiger partial charge on any atom is -0.496 e. The first-order valence-corrected chi connectivity index (χ1v) is 13.3. The highest BCUT2D eigenvalue weighted by molar-refractivity contribution is 8.14. The Kier molecular flexibility index (Phi) is 8.53. The molecule has 1 aliphatic rings. The van der Waals surface area contributed by atoms with Crippen LogP contribution in [0.25, 0.3) is 0 Å². The van der Waals surface area contributed by atoms with Crippen LogP contribution in [0.2, 0.25) is 0 Å². The third-order valence-electron chi connectivity index (χ3n) is 6.25. The van der Waals surface area contributed by atoms with Gasteiger partial charge in [0.15, 0.2) is 5.17 Å². The van der Waals surface area contributed by atoms with Gasteiger partial charge >= 0.3 is 0 Å². The van der Waals surface area contributed by atoms with Crippen molar-refractivity contribution in [2.45, 2.75) is 33.7 Å². The van der Waals surface area contributed by atoms with Crippen LogP contribution in [0.1, 0.15) is 35.2 Å². The fraction of sp³-hybridized carbons (Fsp3) is 0.233. The van der Waals surface area contributed by atoms with Crippen molar-refractivity contribution in [1.29, 1.82) is 0 Å². The molecule has 7 nitrogen and oxygen atoms in total. The van der Waals surface area contributed by atoms with Crippen molar-refractivity contribution < 1.29 is 14.3 Å². The van der Waals surface area contributed by atoms with Crippen molar-refractivity contribution in [2.24, 2.45) is 4.99 Å². The first-order chi connectivity index (χ1) is 18.2. The van der Waals surface area contributed by atoms with Crippen LogP contribution < -0.4 is 20.7 Å². The molecule has 2 amide bonds. The molecular formula is C30H32N4O3S. The molecule has 0 spiro atoms. The fourth-order valence-corrected chi connectivity index (χ4v) is 4.92. The smallest absolute Gasteiger partial charge is 0.255 e. The number of nitrogens with one attached hydrogen (secondary N) is 3. The Bertz CT molecular complexity index is 1420. The topological polar surface area (TPSA) is 91.8 Å². The van der Waals surface area contributed by atoms with Crippen molar-refractivity contribution in [3.63, 3.8) is 0 Å². The molecule has 1 atom stereocenters. The van der Waals surface area contributed by atoms with Crippen molar-refractivity contribution in [3.8, 4) is 5.75 Å². The number of allylic oxidation sites excluding steroid dienone is 1. The van der Waals surface area contributed by atoms with Crippen LogP contribution in [0.15, 0.2) is 83.0 Å². The van der Waals surface area contributed by atoms with Gasteiger partial charge in [0.2, 0.25) is 5.91 Å². The van der Waals surface area contributed by atoms with Gasteiger partial charge in [-0.05, 0) is 74.2 Å². The quantitative estimate of drug-likeness (QED) is 0.355. The Morgan fingerprint density at radius 2 is 1.68 bits per heavy atom. The van der Waals surface area contributed by atoms with Gasteiger partial charge in [0.1, 0.15) is 11.8 Å². The number of amidine groups is 1.